The van der Waals surface area contributed by atoms with E-state index in [4.69, 9.17) is 11.6 Å². The van der Waals surface area contributed by atoms with Gasteiger partial charge < -0.3 is 4.90 Å². The number of halogens is 1. The lowest BCUT2D eigenvalue weighted by atomic mass is 10.1. The number of hydrogen-bond donors (Lipinski definition) is 0. The zero-order valence-electron chi connectivity index (χ0n) is 16.9. The molecule has 0 unspecified atom stereocenters. The number of benzene rings is 2. The van der Waals surface area contributed by atoms with Crippen molar-refractivity contribution in [3.8, 4) is 0 Å². The zero-order chi connectivity index (χ0) is 22.0. The van der Waals surface area contributed by atoms with Crippen molar-refractivity contribution in [3.63, 3.8) is 0 Å². The van der Waals surface area contributed by atoms with Crippen molar-refractivity contribution in [2.24, 2.45) is 5.10 Å². The van der Waals surface area contributed by atoms with Crippen LogP contribution in [-0.4, -0.2) is 34.4 Å². The molecule has 0 fully saturated rings. The van der Waals surface area contributed by atoms with Crippen LogP contribution in [0.15, 0.2) is 41.5 Å². The number of non-ortho nitro benzene ring substituents is 1. The van der Waals surface area contributed by atoms with E-state index in [0.29, 0.717) is 16.3 Å². The summed E-state index contributed by atoms with van der Waals surface area (Å²) in [6, 6.07) is 9.80. The molecule has 0 aliphatic carbocycles. The molecule has 156 valence electrons. The van der Waals surface area contributed by atoms with Crippen molar-refractivity contribution in [1.82, 2.24) is 4.90 Å². The van der Waals surface area contributed by atoms with E-state index < -0.39 is 4.92 Å². The second-order valence-corrected chi connectivity index (χ2v) is 7.64. The van der Waals surface area contributed by atoms with E-state index in [0.717, 1.165) is 11.1 Å². The van der Waals surface area contributed by atoms with Gasteiger partial charge in [0.1, 0.15) is 5.71 Å². The Hall–Kier alpha value is -3.26. The highest BCUT2D eigenvalue weighted by Gasteiger charge is 2.28. The van der Waals surface area contributed by atoms with Crippen LogP contribution < -0.4 is 5.01 Å². The smallest absolute Gasteiger partial charge is 0.270 e. The van der Waals surface area contributed by atoms with Gasteiger partial charge in [-0.1, -0.05) is 23.7 Å². The van der Waals surface area contributed by atoms with Gasteiger partial charge in [0.2, 0.25) is 5.91 Å². The average Bonchev–Trinajstić information content (AvgIpc) is 2.71. The predicted molar refractivity (Wildman–Crippen MR) is 115 cm³/mol. The van der Waals surface area contributed by atoms with E-state index in [-0.39, 0.29) is 42.6 Å². The Labute approximate surface area is 178 Å². The SMILES string of the molecule is Cc1ccc(C)c(N2N=C(C(=O)N(C)Cc3cc([N+](=O)[O-])ccc3Cl)CCC2=O)c1. The molecule has 0 bridgehead atoms. The Balaban J connectivity index is 1.85. The fraction of sp³-hybridized carbons (Fsp3) is 0.286. The number of hydrazone groups is 1. The van der Waals surface area contributed by atoms with Crippen molar-refractivity contribution >= 4 is 40.5 Å². The van der Waals surface area contributed by atoms with E-state index in [1.165, 1.54) is 28.1 Å². The van der Waals surface area contributed by atoms with Gasteiger partial charge >= 0.3 is 0 Å². The first-order valence-electron chi connectivity index (χ1n) is 9.33. The fourth-order valence-electron chi connectivity index (χ4n) is 3.19. The highest BCUT2D eigenvalue weighted by atomic mass is 35.5. The Morgan fingerprint density at radius 3 is 2.67 bits per heavy atom. The van der Waals surface area contributed by atoms with E-state index in [1.54, 1.807) is 7.05 Å². The van der Waals surface area contributed by atoms with Gasteiger partial charge in [0, 0.05) is 43.6 Å². The first-order chi connectivity index (χ1) is 14.2. The van der Waals surface area contributed by atoms with Gasteiger partial charge in [0.05, 0.1) is 10.6 Å². The van der Waals surface area contributed by atoms with Gasteiger partial charge in [-0.25, -0.2) is 5.01 Å². The number of amides is 2. The number of carbonyl (C=O) groups excluding carboxylic acids is 2. The monoisotopic (exact) mass is 428 g/mol. The van der Waals surface area contributed by atoms with Crippen molar-refractivity contribution in [2.45, 2.75) is 33.2 Å². The van der Waals surface area contributed by atoms with Crippen LogP contribution in [-0.2, 0) is 16.1 Å². The zero-order valence-corrected chi connectivity index (χ0v) is 17.6. The second-order valence-electron chi connectivity index (χ2n) is 7.24. The summed E-state index contributed by atoms with van der Waals surface area (Å²) in [5.41, 5.74) is 3.11. The summed E-state index contributed by atoms with van der Waals surface area (Å²) >= 11 is 6.15. The summed E-state index contributed by atoms with van der Waals surface area (Å²) in [4.78, 5) is 37.3. The highest BCUT2D eigenvalue weighted by molar-refractivity contribution is 6.40. The second kappa shape index (κ2) is 8.62. The van der Waals surface area contributed by atoms with Crippen molar-refractivity contribution in [2.75, 3.05) is 12.1 Å². The lowest BCUT2D eigenvalue weighted by Crippen LogP contribution is -2.40. The Morgan fingerprint density at radius 2 is 1.97 bits per heavy atom. The number of hydrogen-bond acceptors (Lipinski definition) is 5. The molecule has 0 N–H and O–H groups in total. The Kier molecular flexibility index (Phi) is 6.17. The molecule has 0 atom stereocenters. The molecule has 1 aliphatic rings. The van der Waals surface area contributed by atoms with Gasteiger partial charge in [-0.05, 0) is 42.7 Å². The molecule has 0 aromatic heterocycles. The van der Waals surface area contributed by atoms with Crippen LogP contribution in [0.5, 0.6) is 0 Å². The van der Waals surface area contributed by atoms with Gasteiger partial charge in [-0.2, -0.15) is 5.10 Å². The quantitative estimate of drug-likeness (QED) is 0.531. The van der Waals surface area contributed by atoms with Gasteiger partial charge in [0.15, 0.2) is 0 Å². The predicted octanol–water partition coefficient (Wildman–Crippen LogP) is 4.01. The van der Waals surface area contributed by atoms with E-state index in [2.05, 4.69) is 5.10 Å². The molecule has 30 heavy (non-hydrogen) atoms. The van der Waals surface area contributed by atoms with Gasteiger partial charge in [0.25, 0.3) is 11.6 Å². The van der Waals surface area contributed by atoms with E-state index in [9.17, 15) is 19.7 Å². The molecule has 0 spiro atoms. The first kappa shape index (κ1) is 21.4. The molecular formula is C21H21ClN4O4. The lowest BCUT2D eigenvalue weighted by molar-refractivity contribution is -0.384. The summed E-state index contributed by atoms with van der Waals surface area (Å²) < 4.78 is 0. The van der Waals surface area contributed by atoms with Crippen molar-refractivity contribution in [3.05, 3.63) is 68.2 Å². The number of carbonyl (C=O) groups is 2. The third-order valence-electron chi connectivity index (χ3n) is 4.87. The maximum atomic E-state index is 12.9. The molecule has 9 heteroatoms. The summed E-state index contributed by atoms with van der Waals surface area (Å²) in [6.07, 6.45) is 0.398. The summed E-state index contributed by atoms with van der Waals surface area (Å²) in [7, 11) is 1.57. The Morgan fingerprint density at radius 1 is 1.23 bits per heavy atom. The van der Waals surface area contributed by atoms with Crippen LogP contribution in [0.25, 0.3) is 0 Å². The van der Waals surface area contributed by atoms with Crippen molar-refractivity contribution in [1.29, 1.82) is 0 Å². The summed E-state index contributed by atoms with van der Waals surface area (Å²) in [6.45, 7) is 3.88. The van der Waals surface area contributed by atoms with E-state index in [1.807, 2.05) is 32.0 Å². The molecule has 0 saturated heterocycles. The number of aryl methyl sites for hydroxylation is 2. The first-order valence-corrected chi connectivity index (χ1v) is 9.71. The maximum Gasteiger partial charge on any atom is 0.270 e. The topological polar surface area (TPSA) is 96.1 Å². The molecule has 3 rings (SSSR count). The largest absolute Gasteiger partial charge is 0.336 e. The minimum atomic E-state index is -0.513. The van der Waals surface area contributed by atoms with Gasteiger partial charge in [-0.3, -0.25) is 19.7 Å². The molecule has 0 saturated carbocycles. The van der Waals surface area contributed by atoms with Crippen LogP contribution in [0.1, 0.15) is 29.5 Å². The third-order valence-corrected chi connectivity index (χ3v) is 5.24. The van der Waals surface area contributed by atoms with Crippen molar-refractivity contribution < 1.29 is 14.5 Å². The van der Waals surface area contributed by atoms with Crippen LogP contribution in [0.4, 0.5) is 11.4 Å². The normalized spacial score (nSPS) is 13.8. The molecule has 1 heterocycles. The minimum absolute atomic E-state index is 0.0792. The number of nitro groups is 1. The molecule has 2 aromatic carbocycles. The number of anilines is 1. The third kappa shape index (κ3) is 4.49. The van der Waals surface area contributed by atoms with Crippen LogP contribution in [0, 0.1) is 24.0 Å². The summed E-state index contributed by atoms with van der Waals surface area (Å²) in [5, 5.41) is 17.0. The number of nitro benzene ring substituents is 1. The standard InChI is InChI=1S/C21H21ClN4O4/c1-13-4-5-14(2)19(10-13)25-20(27)9-8-18(23-25)21(28)24(3)12-15-11-16(26(29)30)6-7-17(15)22/h4-7,10-11H,8-9,12H2,1-3H3. The number of rotatable bonds is 5. The molecule has 1 aliphatic heterocycles. The van der Waals surface area contributed by atoms with E-state index >= 15 is 0 Å². The maximum absolute atomic E-state index is 12.9. The molecule has 0 radical (unpaired) electrons. The highest BCUT2D eigenvalue weighted by Crippen LogP contribution is 2.27. The summed E-state index contributed by atoms with van der Waals surface area (Å²) in [5.74, 6) is -0.537. The lowest BCUT2D eigenvalue weighted by Gasteiger charge is -2.26. The van der Waals surface area contributed by atoms with Crippen LogP contribution in [0.2, 0.25) is 5.02 Å². The Bertz CT molecular complexity index is 1070. The molecular weight excluding hydrogens is 408 g/mol. The number of nitrogens with zero attached hydrogens (tertiary/aromatic N) is 4. The minimum Gasteiger partial charge on any atom is -0.336 e. The van der Waals surface area contributed by atoms with Crippen LogP contribution in [0.3, 0.4) is 0 Å². The fourth-order valence-corrected chi connectivity index (χ4v) is 3.36. The molecule has 2 amide bonds. The van der Waals surface area contributed by atoms with Gasteiger partial charge in [-0.15, -0.1) is 0 Å². The van der Waals surface area contributed by atoms with Crippen LogP contribution >= 0.6 is 11.6 Å². The average molecular weight is 429 g/mol. The molecule has 2 aromatic rings. The molecule has 8 nitrogen and oxygen atoms in total.